The van der Waals surface area contributed by atoms with E-state index in [1.807, 2.05) is 12.1 Å². The van der Waals surface area contributed by atoms with Crippen LogP contribution in [0.25, 0.3) is 82.8 Å². The third-order valence-corrected chi connectivity index (χ3v) is 11.2. The standard InChI is InChI=1S/C54H36N2O/c1-2-12-37(13-3-1)41-14-10-15-45(36-41)55(43-32-34-44(35-33-43)56-50-20-7-4-16-47(50)48-17-5-8-21-51(48)56)42-30-28-39(29-31-42)38-24-26-40(27-25-38)46-19-11-23-53-54(46)49-18-6-9-22-52(49)57-53/h1-36H. The Morgan fingerprint density at radius 1 is 0.333 bits per heavy atom. The molecule has 3 nitrogen and oxygen atoms in total. The molecule has 0 atom stereocenters. The SMILES string of the molecule is c1ccc(-c2cccc(N(c3ccc(-c4ccc(-c5cccc6oc7ccccc7c56)cc4)cc3)c3ccc(-n4c5ccccc5c5ccccc54)cc3)c2)cc1. The number of hydrogen-bond donors (Lipinski definition) is 0. The van der Waals surface area contributed by atoms with Gasteiger partial charge in [-0.15, -0.1) is 0 Å². The Labute approximate surface area is 330 Å². The van der Waals surface area contributed by atoms with Crippen LogP contribution in [0.1, 0.15) is 0 Å². The molecule has 0 saturated heterocycles. The van der Waals surface area contributed by atoms with E-state index in [-0.39, 0.29) is 0 Å². The molecule has 0 radical (unpaired) electrons. The number of benzene rings is 9. The molecular formula is C54H36N2O. The minimum atomic E-state index is 0.911. The van der Waals surface area contributed by atoms with Crippen molar-refractivity contribution in [1.82, 2.24) is 4.57 Å². The molecule has 268 valence electrons. The molecule has 0 amide bonds. The fraction of sp³-hybridized carbons (Fsp3) is 0. The van der Waals surface area contributed by atoms with Crippen LogP contribution in [0.5, 0.6) is 0 Å². The van der Waals surface area contributed by atoms with Crippen molar-refractivity contribution >= 4 is 60.8 Å². The summed E-state index contributed by atoms with van der Waals surface area (Å²) in [5, 5.41) is 4.82. The Hall–Kier alpha value is -7.62. The summed E-state index contributed by atoms with van der Waals surface area (Å²) in [5.74, 6) is 0. The maximum Gasteiger partial charge on any atom is 0.136 e. The van der Waals surface area contributed by atoms with Crippen LogP contribution in [-0.4, -0.2) is 4.57 Å². The van der Waals surface area contributed by atoms with Crippen LogP contribution < -0.4 is 4.90 Å². The van der Waals surface area contributed by atoms with Crippen LogP contribution in [0, 0.1) is 0 Å². The fourth-order valence-corrected chi connectivity index (χ4v) is 8.51. The Kier molecular flexibility index (Phi) is 7.82. The van der Waals surface area contributed by atoms with E-state index in [0.717, 1.165) is 50.3 Å². The van der Waals surface area contributed by atoms with Gasteiger partial charge < -0.3 is 13.9 Å². The predicted octanol–water partition coefficient (Wildman–Crippen LogP) is 15.2. The van der Waals surface area contributed by atoms with Gasteiger partial charge in [0.2, 0.25) is 0 Å². The highest BCUT2D eigenvalue weighted by Crippen LogP contribution is 2.40. The number of furan rings is 1. The van der Waals surface area contributed by atoms with Gasteiger partial charge in [-0.05, 0) is 106 Å². The lowest BCUT2D eigenvalue weighted by Crippen LogP contribution is -2.10. The monoisotopic (exact) mass is 728 g/mol. The minimum Gasteiger partial charge on any atom is -0.456 e. The van der Waals surface area contributed by atoms with Crippen molar-refractivity contribution < 1.29 is 4.42 Å². The first-order valence-electron chi connectivity index (χ1n) is 19.4. The lowest BCUT2D eigenvalue weighted by molar-refractivity contribution is 0.669. The molecule has 0 aliphatic rings. The lowest BCUT2D eigenvalue weighted by atomic mass is 9.97. The smallest absolute Gasteiger partial charge is 0.136 e. The molecule has 0 aliphatic heterocycles. The highest BCUT2D eigenvalue weighted by Gasteiger charge is 2.17. The average Bonchev–Trinajstić information content (AvgIpc) is 3.84. The van der Waals surface area contributed by atoms with Crippen molar-refractivity contribution in [3.05, 3.63) is 218 Å². The van der Waals surface area contributed by atoms with Gasteiger partial charge in [0.25, 0.3) is 0 Å². The maximum atomic E-state index is 6.18. The molecule has 11 rings (SSSR count). The number of rotatable bonds is 7. The Morgan fingerprint density at radius 2 is 0.842 bits per heavy atom. The van der Waals surface area contributed by atoms with Gasteiger partial charge in [-0.25, -0.2) is 0 Å². The fourth-order valence-electron chi connectivity index (χ4n) is 8.51. The second-order valence-corrected chi connectivity index (χ2v) is 14.5. The number of fused-ring (bicyclic) bond motifs is 6. The normalized spacial score (nSPS) is 11.5. The van der Waals surface area contributed by atoms with Crippen LogP contribution >= 0.6 is 0 Å². The lowest BCUT2D eigenvalue weighted by Gasteiger charge is -2.26. The largest absolute Gasteiger partial charge is 0.456 e. The molecule has 0 bridgehead atoms. The summed E-state index contributed by atoms with van der Waals surface area (Å²) >= 11 is 0. The number of hydrogen-bond acceptors (Lipinski definition) is 2. The maximum absolute atomic E-state index is 6.18. The van der Waals surface area contributed by atoms with E-state index >= 15 is 0 Å². The molecule has 2 aromatic heterocycles. The van der Waals surface area contributed by atoms with Gasteiger partial charge >= 0.3 is 0 Å². The molecule has 0 unspecified atom stereocenters. The molecule has 0 fully saturated rings. The topological polar surface area (TPSA) is 21.3 Å². The zero-order valence-electron chi connectivity index (χ0n) is 31.1. The summed E-state index contributed by atoms with van der Waals surface area (Å²) in [6.45, 7) is 0. The molecular weight excluding hydrogens is 693 g/mol. The number of para-hydroxylation sites is 3. The second-order valence-electron chi connectivity index (χ2n) is 14.5. The van der Waals surface area contributed by atoms with E-state index in [1.54, 1.807) is 0 Å². The molecule has 0 N–H and O–H groups in total. The zero-order chi connectivity index (χ0) is 37.7. The van der Waals surface area contributed by atoms with Crippen molar-refractivity contribution in [3.63, 3.8) is 0 Å². The van der Waals surface area contributed by atoms with Gasteiger partial charge in [0.1, 0.15) is 11.2 Å². The van der Waals surface area contributed by atoms with Crippen molar-refractivity contribution in [3.8, 4) is 39.1 Å². The molecule has 11 aromatic rings. The third kappa shape index (κ3) is 5.68. The van der Waals surface area contributed by atoms with E-state index < -0.39 is 0 Å². The van der Waals surface area contributed by atoms with Crippen LogP contribution in [0.4, 0.5) is 17.1 Å². The van der Waals surface area contributed by atoms with Gasteiger partial charge in [0.15, 0.2) is 0 Å². The first-order valence-corrected chi connectivity index (χ1v) is 19.4. The first-order chi connectivity index (χ1) is 28.3. The van der Waals surface area contributed by atoms with Crippen LogP contribution in [0.15, 0.2) is 223 Å². The molecule has 0 saturated carbocycles. The average molecular weight is 729 g/mol. The van der Waals surface area contributed by atoms with Crippen LogP contribution in [-0.2, 0) is 0 Å². The quantitative estimate of drug-likeness (QED) is 0.163. The highest BCUT2D eigenvalue weighted by atomic mass is 16.3. The van der Waals surface area contributed by atoms with Gasteiger partial charge in [-0.3, -0.25) is 0 Å². The van der Waals surface area contributed by atoms with Crippen LogP contribution in [0.3, 0.4) is 0 Å². The van der Waals surface area contributed by atoms with Gasteiger partial charge in [-0.1, -0.05) is 146 Å². The molecule has 3 heteroatoms. The summed E-state index contributed by atoms with van der Waals surface area (Å²) in [7, 11) is 0. The van der Waals surface area contributed by atoms with Crippen molar-refractivity contribution in [2.75, 3.05) is 4.90 Å². The molecule has 0 aliphatic carbocycles. The van der Waals surface area contributed by atoms with E-state index in [9.17, 15) is 0 Å². The third-order valence-electron chi connectivity index (χ3n) is 11.2. The summed E-state index contributed by atoms with van der Waals surface area (Å²) < 4.78 is 8.55. The van der Waals surface area contributed by atoms with Crippen LogP contribution in [0.2, 0.25) is 0 Å². The summed E-state index contributed by atoms with van der Waals surface area (Å²) in [6.07, 6.45) is 0. The van der Waals surface area contributed by atoms with Crippen molar-refractivity contribution in [2.45, 2.75) is 0 Å². The van der Waals surface area contributed by atoms with Gasteiger partial charge in [0.05, 0.1) is 11.0 Å². The highest BCUT2D eigenvalue weighted by molar-refractivity contribution is 6.12. The molecule has 57 heavy (non-hydrogen) atoms. The molecule has 0 spiro atoms. The zero-order valence-corrected chi connectivity index (χ0v) is 31.1. The van der Waals surface area contributed by atoms with E-state index in [2.05, 4.69) is 216 Å². The van der Waals surface area contributed by atoms with E-state index in [1.165, 1.54) is 49.6 Å². The number of anilines is 3. The molecule has 2 heterocycles. The predicted molar refractivity (Wildman–Crippen MR) is 239 cm³/mol. The summed E-state index contributed by atoms with van der Waals surface area (Å²) in [5.41, 5.74) is 15.7. The van der Waals surface area contributed by atoms with E-state index in [4.69, 9.17) is 4.42 Å². The second kappa shape index (κ2) is 13.6. The van der Waals surface area contributed by atoms with Crippen molar-refractivity contribution in [1.29, 1.82) is 0 Å². The Balaban J connectivity index is 0.966. The number of nitrogens with zero attached hydrogens (tertiary/aromatic N) is 2. The van der Waals surface area contributed by atoms with Crippen molar-refractivity contribution in [2.24, 2.45) is 0 Å². The molecule has 9 aromatic carbocycles. The first kappa shape index (κ1) is 32.8. The van der Waals surface area contributed by atoms with Gasteiger partial charge in [-0.2, -0.15) is 0 Å². The number of aromatic nitrogens is 1. The van der Waals surface area contributed by atoms with Gasteiger partial charge in [0, 0.05) is 44.3 Å². The Bertz CT molecular complexity index is 3160. The summed E-state index contributed by atoms with van der Waals surface area (Å²) in [4.78, 5) is 2.35. The minimum absolute atomic E-state index is 0.911. The van der Waals surface area contributed by atoms with E-state index in [0.29, 0.717) is 0 Å². The summed E-state index contributed by atoms with van der Waals surface area (Å²) in [6, 6.07) is 78.1. The Morgan fingerprint density at radius 3 is 1.54 bits per heavy atom.